The standard InChI is InChI=1S/C16H23NO2/c1-10-7-11(2)15(12(3)8-10)9-17-6-5-14(13(17)4)16(18)19/h7-8,13-14H,5-6,9H2,1-4H3,(H,18,19). The number of likely N-dealkylation sites (tertiary alicyclic amines) is 1. The second kappa shape index (κ2) is 5.33. The monoisotopic (exact) mass is 261 g/mol. The second-order valence-corrected chi connectivity index (χ2v) is 5.82. The molecule has 19 heavy (non-hydrogen) atoms. The van der Waals surface area contributed by atoms with E-state index in [9.17, 15) is 9.90 Å². The van der Waals surface area contributed by atoms with Gasteiger partial charge >= 0.3 is 5.97 Å². The Balaban J connectivity index is 2.17. The van der Waals surface area contributed by atoms with Crippen LogP contribution in [-0.2, 0) is 11.3 Å². The minimum atomic E-state index is -0.660. The Labute approximate surface area is 115 Å². The van der Waals surface area contributed by atoms with E-state index in [0.29, 0.717) is 0 Å². The van der Waals surface area contributed by atoms with Gasteiger partial charge < -0.3 is 5.11 Å². The summed E-state index contributed by atoms with van der Waals surface area (Å²) < 4.78 is 0. The van der Waals surface area contributed by atoms with Crippen LogP contribution in [0, 0.1) is 26.7 Å². The molecule has 0 aromatic heterocycles. The molecule has 2 rings (SSSR count). The molecule has 3 heteroatoms. The number of carbonyl (C=O) groups is 1. The highest BCUT2D eigenvalue weighted by Crippen LogP contribution is 2.28. The Bertz CT molecular complexity index is 473. The topological polar surface area (TPSA) is 40.5 Å². The molecule has 0 radical (unpaired) electrons. The van der Waals surface area contributed by atoms with Crippen molar-refractivity contribution in [2.24, 2.45) is 5.92 Å². The van der Waals surface area contributed by atoms with Crippen molar-refractivity contribution in [2.75, 3.05) is 6.54 Å². The fourth-order valence-corrected chi connectivity index (χ4v) is 3.22. The molecule has 0 saturated carbocycles. The summed E-state index contributed by atoms with van der Waals surface area (Å²) in [6.07, 6.45) is 0.764. The van der Waals surface area contributed by atoms with Crippen LogP contribution < -0.4 is 0 Å². The molecule has 1 N–H and O–H groups in total. The summed E-state index contributed by atoms with van der Waals surface area (Å²) in [6, 6.07) is 4.53. The van der Waals surface area contributed by atoms with E-state index < -0.39 is 5.97 Å². The normalized spacial score (nSPS) is 23.8. The van der Waals surface area contributed by atoms with Gasteiger partial charge in [-0.2, -0.15) is 0 Å². The van der Waals surface area contributed by atoms with E-state index in [1.807, 2.05) is 6.92 Å². The van der Waals surface area contributed by atoms with Crippen molar-refractivity contribution in [3.63, 3.8) is 0 Å². The minimum Gasteiger partial charge on any atom is -0.481 e. The molecule has 3 nitrogen and oxygen atoms in total. The average Bonchev–Trinajstić information content (AvgIpc) is 2.65. The SMILES string of the molecule is Cc1cc(C)c(CN2CCC(C(=O)O)C2C)c(C)c1. The maximum absolute atomic E-state index is 11.2. The number of carboxylic acids is 1. The quantitative estimate of drug-likeness (QED) is 0.909. The molecule has 1 aromatic rings. The number of carboxylic acid groups (broad SMARTS) is 1. The van der Waals surface area contributed by atoms with E-state index in [-0.39, 0.29) is 12.0 Å². The molecular formula is C16H23NO2. The molecule has 2 atom stereocenters. The first kappa shape index (κ1) is 14.1. The number of aryl methyl sites for hydroxylation is 3. The number of nitrogens with zero attached hydrogens (tertiary/aromatic N) is 1. The highest BCUT2D eigenvalue weighted by molar-refractivity contribution is 5.71. The fraction of sp³-hybridized carbons (Fsp3) is 0.562. The number of hydrogen-bond donors (Lipinski definition) is 1. The Morgan fingerprint density at radius 2 is 1.89 bits per heavy atom. The molecule has 1 fully saturated rings. The van der Waals surface area contributed by atoms with Crippen molar-refractivity contribution in [3.8, 4) is 0 Å². The average molecular weight is 261 g/mol. The molecule has 104 valence electrons. The van der Waals surface area contributed by atoms with E-state index in [2.05, 4.69) is 37.8 Å². The zero-order valence-corrected chi connectivity index (χ0v) is 12.2. The van der Waals surface area contributed by atoms with Gasteiger partial charge in [0.2, 0.25) is 0 Å². The van der Waals surface area contributed by atoms with Gasteiger partial charge in [0.1, 0.15) is 0 Å². The predicted octanol–water partition coefficient (Wildman–Crippen LogP) is 2.91. The van der Waals surface area contributed by atoms with Gasteiger partial charge in [0.25, 0.3) is 0 Å². The van der Waals surface area contributed by atoms with E-state index >= 15 is 0 Å². The van der Waals surface area contributed by atoms with Crippen LogP contribution in [0.25, 0.3) is 0 Å². The maximum atomic E-state index is 11.2. The van der Waals surface area contributed by atoms with E-state index in [0.717, 1.165) is 19.5 Å². The summed E-state index contributed by atoms with van der Waals surface area (Å²) in [6.45, 7) is 10.2. The van der Waals surface area contributed by atoms with Gasteiger partial charge in [-0.25, -0.2) is 0 Å². The first-order chi connectivity index (χ1) is 8.90. The molecular weight excluding hydrogens is 238 g/mol. The van der Waals surface area contributed by atoms with Crippen LogP contribution in [0.4, 0.5) is 0 Å². The highest BCUT2D eigenvalue weighted by atomic mass is 16.4. The van der Waals surface area contributed by atoms with Gasteiger partial charge in [0.15, 0.2) is 0 Å². The first-order valence-electron chi connectivity index (χ1n) is 6.93. The smallest absolute Gasteiger partial charge is 0.308 e. The third-order valence-corrected chi connectivity index (χ3v) is 4.40. The van der Waals surface area contributed by atoms with Gasteiger partial charge in [0, 0.05) is 12.6 Å². The zero-order chi connectivity index (χ0) is 14.2. The second-order valence-electron chi connectivity index (χ2n) is 5.82. The van der Waals surface area contributed by atoms with E-state index in [1.54, 1.807) is 0 Å². The van der Waals surface area contributed by atoms with Crippen LogP contribution >= 0.6 is 0 Å². The Morgan fingerprint density at radius 3 is 2.37 bits per heavy atom. The lowest BCUT2D eigenvalue weighted by Gasteiger charge is -2.25. The van der Waals surface area contributed by atoms with E-state index in [4.69, 9.17) is 0 Å². The van der Waals surface area contributed by atoms with Crippen molar-refractivity contribution < 1.29 is 9.90 Å². The van der Waals surface area contributed by atoms with Crippen LogP contribution in [-0.4, -0.2) is 28.6 Å². The summed E-state index contributed by atoms with van der Waals surface area (Å²) in [4.78, 5) is 13.5. The maximum Gasteiger partial charge on any atom is 0.308 e. The molecule has 0 aliphatic carbocycles. The highest BCUT2D eigenvalue weighted by Gasteiger charge is 2.35. The minimum absolute atomic E-state index is 0.123. The number of benzene rings is 1. The lowest BCUT2D eigenvalue weighted by molar-refractivity contribution is -0.142. The lowest BCUT2D eigenvalue weighted by Crippen LogP contribution is -2.32. The predicted molar refractivity (Wildman–Crippen MR) is 76.3 cm³/mol. The Hall–Kier alpha value is -1.35. The third-order valence-electron chi connectivity index (χ3n) is 4.40. The molecule has 0 spiro atoms. The summed E-state index contributed by atoms with van der Waals surface area (Å²) in [5.74, 6) is -0.876. The Morgan fingerprint density at radius 1 is 1.32 bits per heavy atom. The van der Waals surface area contributed by atoms with Crippen LogP contribution in [0.2, 0.25) is 0 Å². The van der Waals surface area contributed by atoms with Crippen molar-refractivity contribution in [1.82, 2.24) is 4.90 Å². The van der Waals surface area contributed by atoms with Crippen LogP contribution in [0.15, 0.2) is 12.1 Å². The van der Waals surface area contributed by atoms with Gasteiger partial charge in [-0.3, -0.25) is 9.69 Å². The first-order valence-corrected chi connectivity index (χ1v) is 6.93. The summed E-state index contributed by atoms with van der Waals surface area (Å²) in [7, 11) is 0. The molecule has 2 unspecified atom stereocenters. The van der Waals surface area contributed by atoms with Crippen LogP contribution in [0.3, 0.4) is 0 Å². The molecule has 0 amide bonds. The Kier molecular flexibility index (Phi) is 3.95. The zero-order valence-electron chi connectivity index (χ0n) is 12.2. The van der Waals surface area contributed by atoms with Gasteiger partial charge in [-0.15, -0.1) is 0 Å². The third kappa shape index (κ3) is 2.81. The molecule has 0 bridgehead atoms. The molecule has 1 heterocycles. The number of rotatable bonds is 3. The molecule has 1 saturated heterocycles. The van der Waals surface area contributed by atoms with Crippen LogP contribution in [0.5, 0.6) is 0 Å². The van der Waals surface area contributed by atoms with Gasteiger partial charge in [-0.1, -0.05) is 17.7 Å². The largest absolute Gasteiger partial charge is 0.481 e. The van der Waals surface area contributed by atoms with Crippen LogP contribution in [0.1, 0.15) is 35.6 Å². The van der Waals surface area contributed by atoms with Gasteiger partial charge in [0.05, 0.1) is 5.92 Å². The fourth-order valence-electron chi connectivity index (χ4n) is 3.22. The summed E-state index contributed by atoms with van der Waals surface area (Å²) in [5.41, 5.74) is 5.26. The van der Waals surface area contributed by atoms with Crippen molar-refractivity contribution >= 4 is 5.97 Å². The van der Waals surface area contributed by atoms with E-state index in [1.165, 1.54) is 22.3 Å². The number of aliphatic carboxylic acids is 1. The number of hydrogen-bond acceptors (Lipinski definition) is 2. The van der Waals surface area contributed by atoms with Gasteiger partial charge in [-0.05, 0) is 57.4 Å². The van der Waals surface area contributed by atoms with Crippen molar-refractivity contribution in [2.45, 2.75) is 46.7 Å². The molecule has 1 aliphatic heterocycles. The summed E-state index contributed by atoms with van der Waals surface area (Å²) in [5, 5.41) is 9.19. The molecule has 1 aliphatic rings. The van der Waals surface area contributed by atoms with Crippen molar-refractivity contribution in [1.29, 1.82) is 0 Å². The summed E-state index contributed by atoms with van der Waals surface area (Å²) >= 11 is 0. The van der Waals surface area contributed by atoms with Crippen molar-refractivity contribution in [3.05, 3.63) is 34.4 Å². The lowest BCUT2D eigenvalue weighted by atomic mass is 9.98. The molecule has 1 aromatic carbocycles.